The van der Waals surface area contributed by atoms with E-state index in [1.54, 1.807) is 18.5 Å². The normalized spacial score (nSPS) is 10.8. The second-order valence-electron chi connectivity index (χ2n) is 4.52. The maximum absolute atomic E-state index is 5.80. The van der Waals surface area contributed by atoms with E-state index < -0.39 is 0 Å². The van der Waals surface area contributed by atoms with Crippen LogP contribution in [0.3, 0.4) is 0 Å². The zero-order valence-corrected chi connectivity index (χ0v) is 12.7. The molecule has 4 nitrogen and oxygen atoms in total. The molecule has 0 fully saturated rings. The highest BCUT2D eigenvalue weighted by atomic mass is 79.9. The monoisotopic (exact) mass is 329 g/mol. The minimum Gasteiger partial charge on any atom is -0.439 e. The Hall–Kier alpha value is -2.01. The lowest BCUT2D eigenvalue weighted by molar-refractivity contribution is 0.464. The number of ether oxygens (including phenoxy) is 1. The summed E-state index contributed by atoms with van der Waals surface area (Å²) in [4.78, 5) is 12.7. The molecule has 0 saturated carbocycles. The molecule has 3 aromatic rings. The zero-order valence-electron chi connectivity index (χ0n) is 11.1. The molecule has 0 N–H and O–H groups in total. The van der Waals surface area contributed by atoms with Gasteiger partial charge >= 0.3 is 0 Å². The lowest BCUT2D eigenvalue weighted by Crippen LogP contribution is -1.93. The number of aryl methyl sites for hydroxylation is 2. The molecule has 0 bridgehead atoms. The third-order valence-corrected chi connectivity index (χ3v) is 4.19. The molecule has 0 unspecified atom stereocenters. The fourth-order valence-electron chi connectivity index (χ4n) is 1.98. The van der Waals surface area contributed by atoms with Gasteiger partial charge in [-0.3, -0.25) is 4.98 Å². The van der Waals surface area contributed by atoms with Gasteiger partial charge in [-0.25, -0.2) is 4.98 Å². The highest BCUT2D eigenvalue weighted by molar-refractivity contribution is 9.10. The highest BCUT2D eigenvalue weighted by Gasteiger charge is 2.06. The molecule has 0 amide bonds. The van der Waals surface area contributed by atoms with E-state index in [1.807, 2.05) is 32.0 Å². The first kappa shape index (κ1) is 13.0. The standard InChI is InChI=1S/C15H12BrN3O/c1-9-7-11(8-10(2)14(9)16)20-13-4-3-12-15(19-13)18-6-5-17-12/h3-8H,1-2H3. The topological polar surface area (TPSA) is 47.9 Å². The number of halogens is 1. The first-order chi connectivity index (χ1) is 9.63. The molecular formula is C15H12BrN3O. The van der Waals surface area contributed by atoms with Crippen molar-refractivity contribution in [2.24, 2.45) is 0 Å². The van der Waals surface area contributed by atoms with Gasteiger partial charge < -0.3 is 4.74 Å². The molecule has 2 heterocycles. The van der Waals surface area contributed by atoms with Crippen LogP contribution in [0.15, 0.2) is 41.1 Å². The summed E-state index contributed by atoms with van der Waals surface area (Å²) in [6.07, 6.45) is 3.26. The number of fused-ring (bicyclic) bond motifs is 1. The number of nitrogens with zero attached hydrogens (tertiary/aromatic N) is 3. The van der Waals surface area contributed by atoms with Gasteiger partial charge in [0, 0.05) is 22.9 Å². The Bertz CT molecular complexity index is 766. The van der Waals surface area contributed by atoms with E-state index in [9.17, 15) is 0 Å². The fraction of sp³-hybridized carbons (Fsp3) is 0.133. The molecule has 0 aliphatic heterocycles. The van der Waals surface area contributed by atoms with Crippen LogP contribution in [0.1, 0.15) is 11.1 Å². The molecule has 2 aromatic heterocycles. The predicted octanol–water partition coefficient (Wildman–Crippen LogP) is 4.20. The average molecular weight is 330 g/mol. The Morgan fingerprint density at radius 2 is 1.70 bits per heavy atom. The summed E-state index contributed by atoms with van der Waals surface area (Å²) in [5, 5.41) is 0. The van der Waals surface area contributed by atoms with Crippen molar-refractivity contribution in [2.75, 3.05) is 0 Å². The Morgan fingerprint density at radius 3 is 2.45 bits per heavy atom. The molecule has 100 valence electrons. The third-order valence-electron chi connectivity index (χ3n) is 2.94. The van der Waals surface area contributed by atoms with Gasteiger partial charge in [-0.05, 0) is 43.2 Å². The maximum atomic E-state index is 5.80. The lowest BCUT2D eigenvalue weighted by atomic mass is 10.1. The summed E-state index contributed by atoms with van der Waals surface area (Å²) in [5.41, 5.74) is 3.58. The van der Waals surface area contributed by atoms with E-state index in [1.165, 1.54) is 0 Å². The Kier molecular flexibility index (Phi) is 3.36. The number of benzene rings is 1. The lowest BCUT2D eigenvalue weighted by Gasteiger charge is -2.09. The number of hydrogen-bond donors (Lipinski definition) is 0. The second-order valence-corrected chi connectivity index (χ2v) is 5.31. The quantitative estimate of drug-likeness (QED) is 0.707. The summed E-state index contributed by atoms with van der Waals surface area (Å²) in [6.45, 7) is 4.06. The number of aromatic nitrogens is 3. The summed E-state index contributed by atoms with van der Waals surface area (Å²) in [7, 11) is 0. The molecule has 3 rings (SSSR count). The summed E-state index contributed by atoms with van der Waals surface area (Å²) in [6, 6.07) is 7.59. The van der Waals surface area contributed by atoms with Crippen LogP contribution in [0.5, 0.6) is 11.6 Å². The van der Waals surface area contributed by atoms with Crippen LogP contribution >= 0.6 is 15.9 Å². The van der Waals surface area contributed by atoms with E-state index >= 15 is 0 Å². The van der Waals surface area contributed by atoms with Gasteiger partial charge in [0.25, 0.3) is 0 Å². The van der Waals surface area contributed by atoms with Crippen molar-refractivity contribution < 1.29 is 4.74 Å². The molecule has 0 spiro atoms. The van der Waals surface area contributed by atoms with Crippen LogP contribution in [0, 0.1) is 13.8 Å². The second kappa shape index (κ2) is 5.17. The Morgan fingerprint density at radius 1 is 1.00 bits per heavy atom. The summed E-state index contributed by atoms with van der Waals surface area (Å²) < 4.78 is 6.90. The first-order valence-corrected chi connectivity index (χ1v) is 6.95. The van der Waals surface area contributed by atoms with Crippen molar-refractivity contribution in [2.45, 2.75) is 13.8 Å². The van der Waals surface area contributed by atoms with Crippen LogP contribution in [-0.4, -0.2) is 15.0 Å². The fourth-order valence-corrected chi connectivity index (χ4v) is 2.21. The molecule has 0 radical (unpaired) electrons. The van der Waals surface area contributed by atoms with E-state index in [0.29, 0.717) is 11.5 Å². The smallest absolute Gasteiger partial charge is 0.221 e. The summed E-state index contributed by atoms with van der Waals surface area (Å²) >= 11 is 3.54. The van der Waals surface area contributed by atoms with E-state index in [-0.39, 0.29) is 0 Å². The third kappa shape index (κ3) is 2.49. The Balaban J connectivity index is 1.96. The molecule has 0 saturated heterocycles. The first-order valence-electron chi connectivity index (χ1n) is 6.16. The van der Waals surface area contributed by atoms with Crippen molar-refractivity contribution in [3.63, 3.8) is 0 Å². The van der Waals surface area contributed by atoms with Gasteiger partial charge in [0.05, 0.1) is 0 Å². The SMILES string of the molecule is Cc1cc(Oc2ccc3nccnc3n2)cc(C)c1Br. The van der Waals surface area contributed by atoms with Gasteiger partial charge in [-0.15, -0.1) is 0 Å². The number of rotatable bonds is 2. The van der Waals surface area contributed by atoms with Gasteiger partial charge in [0.2, 0.25) is 5.88 Å². The molecular weight excluding hydrogens is 318 g/mol. The van der Waals surface area contributed by atoms with E-state index in [2.05, 4.69) is 30.9 Å². The van der Waals surface area contributed by atoms with Crippen LogP contribution in [-0.2, 0) is 0 Å². The van der Waals surface area contributed by atoms with Gasteiger partial charge in [0.1, 0.15) is 11.3 Å². The van der Waals surface area contributed by atoms with Crippen LogP contribution in [0.4, 0.5) is 0 Å². The van der Waals surface area contributed by atoms with Crippen molar-refractivity contribution >= 4 is 27.1 Å². The summed E-state index contributed by atoms with van der Waals surface area (Å²) in [5.74, 6) is 1.28. The average Bonchev–Trinajstić information content (AvgIpc) is 2.44. The van der Waals surface area contributed by atoms with Crippen LogP contribution in [0.2, 0.25) is 0 Å². The molecule has 0 aliphatic rings. The van der Waals surface area contributed by atoms with Crippen LogP contribution in [0.25, 0.3) is 11.2 Å². The zero-order chi connectivity index (χ0) is 14.1. The highest BCUT2D eigenvalue weighted by Crippen LogP contribution is 2.29. The van der Waals surface area contributed by atoms with Crippen molar-refractivity contribution in [1.29, 1.82) is 0 Å². The van der Waals surface area contributed by atoms with Crippen molar-refractivity contribution in [1.82, 2.24) is 15.0 Å². The minimum atomic E-state index is 0.513. The van der Waals surface area contributed by atoms with Crippen molar-refractivity contribution in [3.8, 4) is 11.6 Å². The molecule has 1 aromatic carbocycles. The van der Waals surface area contributed by atoms with Crippen molar-refractivity contribution in [3.05, 3.63) is 52.3 Å². The van der Waals surface area contributed by atoms with Gasteiger partial charge in [0.15, 0.2) is 5.65 Å². The molecule has 20 heavy (non-hydrogen) atoms. The molecule has 0 atom stereocenters. The Labute approximate surface area is 125 Å². The molecule has 5 heteroatoms. The predicted molar refractivity (Wildman–Crippen MR) is 81.0 cm³/mol. The van der Waals surface area contributed by atoms with Crippen LogP contribution < -0.4 is 4.74 Å². The van der Waals surface area contributed by atoms with Gasteiger partial charge in [-0.2, -0.15) is 4.98 Å². The van der Waals surface area contributed by atoms with Gasteiger partial charge in [-0.1, -0.05) is 15.9 Å². The molecule has 0 aliphatic carbocycles. The maximum Gasteiger partial charge on any atom is 0.221 e. The largest absolute Gasteiger partial charge is 0.439 e. The van der Waals surface area contributed by atoms with E-state index in [0.717, 1.165) is 26.9 Å². The van der Waals surface area contributed by atoms with E-state index in [4.69, 9.17) is 4.74 Å². The number of pyridine rings is 1. The number of hydrogen-bond acceptors (Lipinski definition) is 4. The minimum absolute atomic E-state index is 0.513.